The van der Waals surface area contributed by atoms with Crippen molar-refractivity contribution in [3.8, 4) is 22.1 Å². The van der Waals surface area contributed by atoms with Crippen molar-refractivity contribution >= 4 is 22.9 Å². The topological polar surface area (TPSA) is 54.9 Å². The van der Waals surface area contributed by atoms with Crippen LogP contribution in [0.4, 0.5) is 5.69 Å². The standard InChI is InChI=1S/C23H25N3O3S/c1-28-20-9-8-17(14-21(20)29-2)23-24-18(16-30-23)15-22(27)26-12-10-25(11-13-26)19-6-4-3-5-7-19/h3-9,14,16H,10-13,15H2,1-2H3. The van der Waals surface area contributed by atoms with Crippen LogP contribution >= 0.6 is 11.3 Å². The molecule has 0 N–H and O–H groups in total. The molecular formula is C23H25N3O3S. The maximum absolute atomic E-state index is 12.8. The fraction of sp³-hybridized carbons (Fsp3) is 0.304. The minimum Gasteiger partial charge on any atom is -0.493 e. The summed E-state index contributed by atoms with van der Waals surface area (Å²) in [6, 6.07) is 16.1. The Morgan fingerprint density at radius 1 is 1.00 bits per heavy atom. The van der Waals surface area contributed by atoms with Crippen molar-refractivity contribution in [2.75, 3.05) is 45.3 Å². The number of amides is 1. The first-order chi connectivity index (χ1) is 14.7. The Bertz CT molecular complexity index is 998. The van der Waals surface area contributed by atoms with Crippen LogP contribution < -0.4 is 14.4 Å². The van der Waals surface area contributed by atoms with Gasteiger partial charge in [-0.2, -0.15) is 0 Å². The maximum Gasteiger partial charge on any atom is 0.228 e. The van der Waals surface area contributed by atoms with Crippen LogP contribution in [-0.2, 0) is 11.2 Å². The molecule has 30 heavy (non-hydrogen) atoms. The molecule has 1 aliphatic rings. The highest BCUT2D eigenvalue weighted by atomic mass is 32.1. The van der Waals surface area contributed by atoms with Crippen LogP contribution in [-0.4, -0.2) is 56.2 Å². The minimum absolute atomic E-state index is 0.131. The molecule has 156 valence electrons. The van der Waals surface area contributed by atoms with E-state index in [2.05, 4.69) is 22.0 Å². The van der Waals surface area contributed by atoms with E-state index in [0.29, 0.717) is 17.9 Å². The van der Waals surface area contributed by atoms with Gasteiger partial charge in [0.25, 0.3) is 0 Å². The molecule has 1 saturated heterocycles. The van der Waals surface area contributed by atoms with E-state index in [1.54, 1.807) is 14.2 Å². The minimum atomic E-state index is 0.131. The van der Waals surface area contributed by atoms with Crippen molar-refractivity contribution in [2.45, 2.75) is 6.42 Å². The number of aromatic nitrogens is 1. The van der Waals surface area contributed by atoms with Gasteiger partial charge in [0.1, 0.15) is 5.01 Å². The predicted octanol–water partition coefficient (Wildman–Crippen LogP) is 3.72. The van der Waals surface area contributed by atoms with Crippen molar-refractivity contribution in [3.05, 3.63) is 59.6 Å². The van der Waals surface area contributed by atoms with Crippen molar-refractivity contribution in [3.63, 3.8) is 0 Å². The van der Waals surface area contributed by atoms with Crippen LogP contribution in [0.5, 0.6) is 11.5 Å². The number of methoxy groups -OCH3 is 2. The van der Waals surface area contributed by atoms with Crippen LogP contribution in [0.25, 0.3) is 10.6 Å². The molecular weight excluding hydrogens is 398 g/mol. The molecule has 0 atom stereocenters. The number of thiazole rings is 1. The highest BCUT2D eigenvalue weighted by molar-refractivity contribution is 7.13. The maximum atomic E-state index is 12.8. The van der Waals surface area contributed by atoms with Crippen LogP contribution in [0, 0.1) is 0 Å². The van der Waals surface area contributed by atoms with Gasteiger partial charge in [0.2, 0.25) is 5.91 Å². The lowest BCUT2D eigenvalue weighted by Crippen LogP contribution is -2.49. The number of benzene rings is 2. The number of piperazine rings is 1. The number of para-hydroxylation sites is 1. The second-order valence-electron chi connectivity index (χ2n) is 7.09. The molecule has 1 aromatic heterocycles. The van der Waals surface area contributed by atoms with Crippen LogP contribution in [0.1, 0.15) is 5.69 Å². The van der Waals surface area contributed by atoms with Gasteiger partial charge >= 0.3 is 0 Å². The molecule has 0 aliphatic carbocycles. The van der Waals surface area contributed by atoms with E-state index in [9.17, 15) is 4.79 Å². The van der Waals surface area contributed by atoms with Crippen LogP contribution in [0.3, 0.4) is 0 Å². The number of hydrogen-bond acceptors (Lipinski definition) is 6. The third kappa shape index (κ3) is 4.41. The zero-order chi connectivity index (χ0) is 20.9. The fourth-order valence-electron chi connectivity index (χ4n) is 3.61. The second-order valence-corrected chi connectivity index (χ2v) is 7.95. The Balaban J connectivity index is 1.37. The molecule has 0 unspecified atom stereocenters. The summed E-state index contributed by atoms with van der Waals surface area (Å²) < 4.78 is 10.7. The van der Waals surface area contributed by atoms with E-state index in [1.807, 2.05) is 46.7 Å². The quantitative estimate of drug-likeness (QED) is 0.605. The second kappa shape index (κ2) is 9.17. The van der Waals surface area contributed by atoms with E-state index < -0.39 is 0 Å². The molecule has 3 aromatic rings. The van der Waals surface area contributed by atoms with Gasteiger partial charge in [-0.1, -0.05) is 18.2 Å². The van der Waals surface area contributed by atoms with E-state index in [1.165, 1.54) is 17.0 Å². The zero-order valence-corrected chi connectivity index (χ0v) is 18.0. The monoisotopic (exact) mass is 423 g/mol. The highest BCUT2D eigenvalue weighted by Crippen LogP contribution is 2.33. The number of nitrogens with zero attached hydrogens (tertiary/aromatic N) is 3. The molecule has 1 aliphatic heterocycles. The van der Waals surface area contributed by atoms with Gasteiger partial charge in [0.05, 0.1) is 26.3 Å². The van der Waals surface area contributed by atoms with Gasteiger partial charge in [0.15, 0.2) is 11.5 Å². The lowest BCUT2D eigenvalue weighted by molar-refractivity contribution is -0.130. The van der Waals surface area contributed by atoms with Gasteiger partial charge in [-0.15, -0.1) is 11.3 Å². The summed E-state index contributed by atoms with van der Waals surface area (Å²) in [5, 5.41) is 2.83. The first-order valence-electron chi connectivity index (χ1n) is 9.92. The summed E-state index contributed by atoms with van der Waals surface area (Å²) in [6.07, 6.45) is 0.328. The number of ether oxygens (including phenoxy) is 2. The summed E-state index contributed by atoms with van der Waals surface area (Å²) in [5.74, 6) is 1.48. The summed E-state index contributed by atoms with van der Waals surface area (Å²) in [7, 11) is 3.23. The van der Waals surface area contributed by atoms with Crippen molar-refractivity contribution in [2.24, 2.45) is 0 Å². The van der Waals surface area contributed by atoms with Crippen molar-refractivity contribution in [1.29, 1.82) is 0 Å². The molecule has 0 bridgehead atoms. The average molecular weight is 424 g/mol. The van der Waals surface area contributed by atoms with E-state index in [-0.39, 0.29) is 5.91 Å². The zero-order valence-electron chi connectivity index (χ0n) is 17.2. The predicted molar refractivity (Wildman–Crippen MR) is 120 cm³/mol. The summed E-state index contributed by atoms with van der Waals surface area (Å²) >= 11 is 1.54. The van der Waals surface area contributed by atoms with E-state index in [0.717, 1.165) is 42.4 Å². The molecule has 2 aromatic carbocycles. The number of rotatable bonds is 6. The van der Waals surface area contributed by atoms with Gasteiger partial charge in [-0.05, 0) is 30.3 Å². The molecule has 7 heteroatoms. The summed E-state index contributed by atoms with van der Waals surface area (Å²) in [5.41, 5.74) is 2.97. The highest BCUT2D eigenvalue weighted by Gasteiger charge is 2.22. The molecule has 0 radical (unpaired) electrons. The number of hydrogen-bond donors (Lipinski definition) is 0. The summed E-state index contributed by atoms with van der Waals surface area (Å²) in [6.45, 7) is 3.17. The Morgan fingerprint density at radius 3 is 2.43 bits per heavy atom. The van der Waals surface area contributed by atoms with Crippen LogP contribution in [0.15, 0.2) is 53.9 Å². The number of carbonyl (C=O) groups is 1. The van der Waals surface area contributed by atoms with Gasteiger partial charge in [-0.3, -0.25) is 4.79 Å². The summed E-state index contributed by atoms with van der Waals surface area (Å²) in [4.78, 5) is 21.7. The van der Waals surface area contributed by atoms with Crippen molar-refractivity contribution in [1.82, 2.24) is 9.88 Å². The fourth-order valence-corrected chi connectivity index (χ4v) is 4.43. The van der Waals surface area contributed by atoms with Crippen LogP contribution in [0.2, 0.25) is 0 Å². The Labute approximate surface area is 180 Å². The molecule has 4 rings (SSSR count). The third-order valence-electron chi connectivity index (χ3n) is 5.27. The Morgan fingerprint density at radius 2 is 1.73 bits per heavy atom. The molecule has 6 nitrogen and oxygen atoms in total. The average Bonchev–Trinajstić information content (AvgIpc) is 3.27. The third-order valence-corrected chi connectivity index (χ3v) is 6.21. The molecule has 1 amide bonds. The Kier molecular flexibility index (Phi) is 6.18. The lowest BCUT2D eigenvalue weighted by atomic mass is 10.2. The Hall–Kier alpha value is -3.06. The smallest absolute Gasteiger partial charge is 0.228 e. The van der Waals surface area contributed by atoms with Gasteiger partial charge < -0.3 is 19.3 Å². The molecule has 1 fully saturated rings. The van der Waals surface area contributed by atoms with E-state index in [4.69, 9.17) is 9.47 Å². The van der Waals surface area contributed by atoms with E-state index >= 15 is 0 Å². The SMILES string of the molecule is COc1ccc(-c2nc(CC(=O)N3CCN(c4ccccc4)CC3)cs2)cc1OC. The first-order valence-corrected chi connectivity index (χ1v) is 10.8. The number of anilines is 1. The van der Waals surface area contributed by atoms with Crippen molar-refractivity contribution < 1.29 is 14.3 Å². The molecule has 0 saturated carbocycles. The van der Waals surface area contributed by atoms with Gasteiger partial charge in [0, 0.05) is 42.8 Å². The first kappa shape index (κ1) is 20.2. The number of carbonyl (C=O) groups excluding carboxylic acids is 1. The normalized spacial score (nSPS) is 13.9. The molecule has 0 spiro atoms. The molecule has 2 heterocycles. The van der Waals surface area contributed by atoms with Gasteiger partial charge in [-0.25, -0.2) is 4.98 Å². The lowest BCUT2D eigenvalue weighted by Gasteiger charge is -2.36. The largest absolute Gasteiger partial charge is 0.493 e.